The highest BCUT2D eigenvalue weighted by Crippen LogP contribution is 2.32. The van der Waals surface area contributed by atoms with Gasteiger partial charge in [-0.3, -0.25) is 0 Å². The molecule has 0 fully saturated rings. The van der Waals surface area contributed by atoms with Crippen LogP contribution in [0.25, 0.3) is 0 Å². The third kappa shape index (κ3) is 4.43. The molecule has 1 heterocycles. The van der Waals surface area contributed by atoms with Crippen molar-refractivity contribution < 1.29 is 17.7 Å². The topological polar surface area (TPSA) is 36.9 Å². The minimum absolute atomic E-state index is 0.292. The average molecular weight is 343 g/mol. The van der Waals surface area contributed by atoms with Gasteiger partial charge in [-0.1, -0.05) is 6.07 Å². The molecule has 1 aromatic rings. The van der Waals surface area contributed by atoms with Crippen LogP contribution in [0.5, 0.6) is 11.5 Å². The average Bonchev–Trinajstić information content (AvgIpc) is 2.69. The Morgan fingerprint density at radius 3 is 1.86 bits per heavy atom. The van der Waals surface area contributed by atoms with Gasteiger partial charge in [-0.05, 0) is 63.1 Å². The molecule has 1 aliphatic heterocycles. The summed E-state index contributed by atoms with van der Waals surface area (Å²) in [5, 5.41) is 1.12. The lowest BCUT2D eigenvalue weighted by molar-refractivity contribution is 0.174. The monoisotopic (exact) mass is 342 g/mol. The molecule has 0 aromatic heterocycles. The summed E-state index contributed by atoms with van der Waals surface area (Å²) in [7, 11) is -5.88. The Hall–Kier alpha value is -0.609. The highest BCUT2D eigenvalue weighted by Gasteiger charge is 2.42. The zero-order chi connectivity index (χ0) is 15.9. The van der Waals surface area contributed by atoms with Crippen LogP contribution in [0.3, 0.4) is 0 Å². The van der Waals surface area contributed by atoms with E-state index < -0.39 is 25.2 Å². The molecule has 0 amide bonds. The molecule has 2 rings (SSSR count). The summed E-state index contributed by atoms with van der Waals surface area (Å²) in [6, 6.07) is 6.07. The lowest BCUT2D eigenvalue weighted by Gasteiger charge is -2.38. The van der Waals surface area contributed by atoms with E-state index in [1.165, 1.54) is 0 Å². The van der Waals surface area contributed by atoms with E-state index in [1.54, 1.807) is 0 Å². The van der Waals surface area contributed by atoms with Crippen LogP contribution in [0.1, 0.15) is 0 Å². The van der Waals surface area contributed by atoms with Gasteiger partial charge in [-0.15, -0.1) is 0 Å². The first kappa shape index (κ1) is 16.8. The van der Waals surface area contributed by atoms with Crippen molar-refractivity contribution in [3.05, 3.63) is 18.2 Å². The second-order valence-electron chi connectivity index (χ2n) is 7.44. The largest absolute Gasteiger partial charge is 0.454 e. The van der Waals surface area contributed by atoms with E-state index in [-0.39, 0.29) is 0 Å². The molecule has 0 unspecified atom stereocenters. The zero-order valence-corrected chi connectivity index (χ0v) is 17.1. The fraction of sp³-hybridized carbons (Fsp3) is 0.571. The lowest BCUT2D eigenvalue weighted by atomic mass is 10.3. The highest BCUT2D eigenvalue weighted by molar-refractivity contribution is 6.94. The third-order valence-corrected chi connectivity index (χ3v) is 12.3. The fourth-order valence-electron chi connectivity index (χ4n) is 2.49. The van der Waals surface area contributed by atoms with Crippen molar-refractivity contribution in [1.29, 1.82) is 0 Å². The first-order chi connectivity index (χ1) is 9.49. The van der Waals surface area contributed by atoms with Crippen LogP contribution in [0.4, 0.5) is 0 Å². The third-order valence-electron chi connectivity index (χ3n) is 2.90. The van der Waals surface area contributed by atoms with Gasteiger partial charge in [0.2, 0.25) is 6.79 Å². The predicted octanol–water partition coefficient (Wildman–Crippen LogP) is 3.40. The van der Waals surface area contributed by atoms with E-state index in [1.807, 2.05) is 12.1 Å². The van der Waals surface area contributed by atoms with Gasteiger partial charge in [0, 0.05) is 0 Å². The molecule has 7 heteroatoms. The number of hydrogen-bond acceptors (Lipinski definition) is 4. The summed E-state index contributed by atoms with van der Waals surface area (Å²) in [5.74, 6) is 1.60. The Balaban J connectivity index is 2.39. The maximum Gasteiger partial charge on any atom is 0.348 e. The van der Waals surface area contributed by atoms with E-state index in [0.717, 1.165) is 16.7 Å². The number of rotatable bonds is 5. The van der Waals surface area contributed by atoms with Gasteiger partial charge in [-0.25, -0.2) is 0 Å². The quantitative estimate of drug-likeness (QED) is 0.769. The van der Waals surface area contributed by atoms with Gasteiger partial charge < -0.3 is 17.7 Å². The Morgan fingerprint density at radius 2 is 1.33 bits per heavy atom. The van der Waals surface area contributed by atoms with Crippen molar-refractivity contribution in [3.63, 3.8) is 0 Å². The first-order valence-corrected chi connectivity index (χ1v) is 16.4. The van der Waals surface area contributed by atoms with Crippen LogP contribution < -0.4 is 14.7 Å². The Morgan fingerprint density at radius 1 is 0.810 bits per heavy atom. The van der Waals surface area contributed by atoms with Gasteiger partial charge in [0.05, 0.1) is 0 Å². The predicted molar refractivity (Wildman–Crippen MR) is 92.7 cm³/mol. The molecule has 0 saturated carbocycles. The molecule has 118 valence electrons. The number of benzene rings is 1. The molecule has 1 aliphatic rings. The summed E-state index contributed by atoms with van der Waals surface area (Å²) in [6.07, 6.45) is 0. The summed E-state index contributed by atoms with van der Waals surface area (Å²) >= 11 is 0. The van der Waals surface area contributed by atoms with Gasteiger partial charge in [-0.2, -0.15) is 0 Å². The number of fused-ring (bicyclic) bond motifs is 1. The van der Waals surface area contributed by atoms with Crippen molar-refractivity contribution in [2.45, 2.75) is 45.8 Å². The van der Waals surface area contributed by atoms with Gasteiger partial charge in [0.25, 0.3) is 0 Å². The van der Waals surface area contributed by atoms with E-state index in [9.17, 15) is 0 Å². The van der Waals surface area contributed by atoms with E-state index >= 15 is 0 Å². The van der Waals surface area contributed by atoms with Gasteiger partial charge in [0.1, 0.15) is 0 Å². The van der Waals surface area contributed by atoms with Crippen LogP contribution >= 0.6 is 0 Å². The minimum atomic E-state index is -2.45. The van der Waals surface area contributed by atoms with Crippen molar-refractivity contribution in [3.8, 4) is 11.5 Å². The summed E-state index contributed by atoms with van der Waals surface area (Å²) in [4.78, 5) is 0. The van der Waals surface area contributed by atoms with Crippen LogP contribution in [-0.2, 0) is 8.23 Å². The van der Waals surface area contributed by atoms with Crippen LogP contribution in [0.2, 0.25) is 45.8 Å². The molecule has 0 N–H and O–H groups in total. The molecule has 4 nitrogen and oxygen atoms in total. The SMILES string of the molecule is C[Si](C)(C)O[Si](C)(O[Si](C)(C)C)c1ccc2c(c1)OCO2. The van der Waals surface area contributed by atoms with Crippen LogP contribution in [-0.4, -0.2) is 32.0 Å². The first-order valence-electron chi connectivity index (χ1n) is 7.29. The molecule has 0 radical (unpaired) electrons. The smallest absolute Gasteiger partial charge is 0.348 e. The van der Waals surface area contributed by atoms with Gasteiger partial charge in [0.15, 0.2) is 28.1 Å². The van der Waals surface area contributed by atoms with Crippen molar-refractivity contribution in [1.82, 2.24) is 0 Å². The van der Waals surface area contributed by atoms with Crippen molar-refractivity contribution in [2.75, 3.05) is 6.79 Å². The second kappa shape index (κ2) is 5.55. The molecule has 1 aromatic carbocycles. The van der Waals surface area contributed by atoms with Crippen LogP contribution in [0.15, 0.2) is 18.2 Å². The summed E-state index contributed by atoms with van der Waals surface area (Å²) in [5.41, 5.74) is 0. The summed E-state index contributed by atoms with van der Waals surface area (Å²) < 4.78 is 24.0. The fourth-order valence-corrected chi connectivity index (χ4v) is 14.1. The lowest BCUT2D eigenvalue weighted by Crippen LogP contribution is -2.60. The van der Waals surface area contributed by atoms with Crippen molar-refractivity contribution in [2.24, 2.45) is 0 Å². The zero-order valence-electron chi connectivity index (χ0n) is 14.1. The van der Waals surface area contributed by atoms with E-state index in [4.69, 9.17) is 17.7 Å². The maximum absolute atomic E-state index is 6.54. The number of ether oxygens (including phenoxy) is 2. The molecular formula is C14H26O4Si3. The maximum atomic E-state index is 6.54. The van der Waals surface area contributed by atoms with Gasteiger partial charge >= 0.3 is 8.56 Å². The molecule has 0 atom stereocenters. The highest BCUT2D eigenvalue weighted by atomic mass is 28.5. The Labute approximate surface area is 130 Å². The minimum Gasteiger partial charge on any atom is -0.454 e. The van der Waals surface area contributed by atoms with Crippen LogP contribution in [0, 0.1) is 0 Å². The molecule has 0 bridgehead atoms. The summed E-state index contributed by atoms with van der Waals surface area (Å²) in [6.45, 7) is 15.7. The molecule has 0 spiro atoms. The van der Waals surface area contributed by atoms with E-state index in [2.05, 4.69) is 51.9 Å². The second-order valence-corrected chi connectivity index (χ2v) is 20.0. The molecule has 21 heavy (non-hydrogen) atoms. The van der Waals surface area contributed by atoms with Crippen molar-refractivity contribution >= 4 is 30.4 Å². The standard InChI is InChI=1S/C14H26O4Si3/c1-19(2,3)17-21(7,18-20(4,5)6)12-8-9-13-14(10-12)16-11-15-13/h8-10H,11H2,1-7H3. The number of hydrogen-bond donors (Lipinski definition) is 0. The molecular weight excluding hydrogens is 316 g/mol. The Bertz CT molecular complexity index is 504. The molecule has 0 saturated heterocycles. The normalized spacial score (nSPS) is 15.4. The van der Waals surface area contributed by atoms with E-state index in [0.29, 0.717) is 6.79 Å². The Kier molecular flexibility index (Phi) is 4.42. The molecule has 0 aliphatic carbocycles.